The van der Waals surface area contributed by atoms with Gasteiger partial charge in [0.2, 0.25) is 10.0 Å². The third kappa shape index (κ3) is 4.81. The molecule has 1 N–H and O–H groups in total. The highest BCUT2D eigenvalue weighted by molar-refractivity contribution is 7.89. The fraction of sp³-hybridized carbons (Fsp3) is 1.00. The zero-order valence-electron chi connectivity index (χ0n) is 9.63. The van der Waals surface area contributed by atoms with Gasteiger partial charge in [-0.2, -0.15) is 17.5 Å². The van der Waals surface area contributed by atoms with Gasteiger partial charge in [0.15, 0.2) is 0 Å². The van der Waals surface area contributed by atoms with E-state index >= 15 is 0 Å². The van der Waals surface area contributed by atoms with Gasteiger partial charge in [0.1, 0.15) is 6.54 Å². The standard InChI is InChI=1S/C9H17F3N2O2S/c1-2-14(7-9(10,11)12)17(15,16)6-8-4-3-5-13-8/h8,13H,2-7H2,1H3. The maximum Gasteiger partial charge on any atom is 0.402 e. The van der Waals surface area contributed by atoms with Crippen molar-refractivity contribution in [2.45, 2.75) is 32.0 Å². The first-order chi connectivity index (χ1) is 7.74. The number of nitrogens with one attached hydrogen (secondary N) is 1. The number of hydrogen-bond donors (Lipinski definition) is 1. The molecule has 1 aliphatic heterocycles. The summed E-state index contributed by atoms with van der Waals surface area (Å²) in [5.41, 5.74) is 0. The van der Waals surface area contributed by atoms with Crippen LogP contribution in [0.1, 0.15) is 19.8 Å². The first-order valence-corrected chi connectivity index (χ1v) is 7.13. The molecule has 0 aromatic carbocycles. The summed E-state index contributed by atoms with van der Waals surface area (Å²) < 4.78 is 60.7. The van der Waals surface area contributed by atoms with Crippen molar-refractivity contribution in [3.05, 3.63) is 0 Å². The monoisotopic (exact) mass is 274 g/mol. The maximum atomic E-state index is 12.2. The fourth-order valence-electron chi connectivity index (χ4n) is 1.87. The van der Waals surface area contributed by atoms with Gasteiger partial charge in [-0.25, -0.2) is 8.42 Å². The summed E-state index contributed by atoms with van der Waals surface area (Å²) in [6.45, 7) is 0.573. The van der Waals surface area contributed by atoms with Gasteiger partial charge in [0.25, 0.3) is 0 Å². The summed E-state index contributed by atoms with van der Waals surface area (Å²) >= 11 is 0. The Balaban J connectivity index is 2.65. The van der Waals surface area contributed by atoms with Gasteiger partial charge in [-0.1, -0.05) is 6.92 Å². The van der Waals surface area contributed by atoms with E-state index in [1.54, 1.807) is 0 Å². The SMILES string of the molecule is CCN(CC(F)(F)F)S(=O)(=O)CC1CCCN1. The maximum absolute atomic E-state index is 12.2. The van der Waals surface area contributed by atoms with Gasteiger partial charge in [-0.05, 0) is 19.4 Å². The number of sulfonamides is 1. The highest BCUT2D eigenvalue weighted by Crippen LogP contribution is 2.19. The molecular formula is C9H17F3N2O2S. The van der Waals surface area contributed by atoms with Gasteiger partial charge in [0.05, 0.1) is 5.75 Å². The molecule has 0 aliphatic carbocycles. The van der Waals surface area contributed by atoms with E-state index < -0.39 is 22.7 Å². The summed E-state index contributed by atoms with van der Waals surface area (Å²) in [4.78, 5) is 0. The van der Waals surface area contributed by atoms with E-state index in [4.69, 9.17) is 0 Å². The van der Waals surface area contributed by atoms with Crippen molar-refractivity contribution in [3.8, 4) is 0 Å². The molecule has 0 spiro atoms. The molecule has 1 unspecified atom stereocenters. The molecule has 102 valence electrons. The fourth-order valence-corrected chi connectivity index (χ4v) is 3.61. The second kappa shape index (κ2) is 5.53. The molecule has 4 nitrogen and oxygen atoms in total. The molecule has 1 aliphatic rings. The zero-order valence-corrected chi connectivity index (χ0v) is 10.4. The Labute approximate surface area is 99.2 Å². The molecule has 1 saturated heterocycles. The minimum atomic E-state index is -4.49. The van der Waals surface area contributed by atoms with E-state index in [9.17, 15) is 21.6 Å². The average molecular weight is 274 g/mol. The largest absolute Gasteiger partial charge is 0.402 e. The van der Waals surface area contributed by atoms with Crippen LogP contribution in [0, 0.1) is 0 Å². The predicted molar refractivity (Wildman–Crippen MR) is 58.1 cm³/mol. The van der Waals surface area contributed by atoms with Crippen LogP contribution in [0.2, 0.25) is 0 Å². The Kier molecular flexibility index (Phi) is 4.79. The van der Waals surface area contributed by atoms with Gasteiger partial charge < -0.3 is 5.32 Å². The normalized spacial score (nSPS) is 22.3. The Bertz CT molecular complexity index is 337. The first kappa shape index (κ1) is 14.7. The van der Waals surface area contributed by atoms with E-state index in [1.165, 1.54) is 6.92 Å². The van der Waals surface area contributed by atoms with Crippen molar-refractivity contribution in [1.82, 2.24) is 9.62 Å². The van der Waals surface area contributed by atoms with Crippen LogP contribution in [-0.2, 0) is 10.0 Å². The Hall–Kier alpha value is -0.340. The number of rotatable bonds is 5. The van der Waals surface area contributed by atoms with Crippen LogP contribution in [0.15, 0.2) is 0 Å². The quantitative estimate of drug-likeness (QED) is 0.812. The molecular weight excluding hydrogens is 257 g/mol. The van der Waals surface area contributed by atoms with Gasteiger partial charge in [-0.15, -0.1) is 0 Å². The van der Waals surface area contributed by atoms with Crippen molar-refractivity contribution in [2.24, 2.45) is 0 Å². The van der Waals surface area contributed by atoms with Gasteiger partial charge in [0, 0.05) is 12.6 Å². The topological polar surface area (TPSA) is 49.4 Å². The molecule has 1 atom stereocenters. The minimum Gasteiger partial charge on any atom is -0.313 e. The van der Waals surface area contributed by atoms with Crippen molar-refractivity contribution in [3.63, 3.8) is 0 Å². The van der Waals surface area contributed by atoms with Crippen LogP contribution >= 0.6 is 0 Å². The van der Waals surface area contributed by atoms with Crippen LogP contribution in [0.5, 0.6) is 0 Å². The van der Waals surface area contributed by atoms with Crippen LogP contribution in [0.25, 0.3) is 0 Å². The molecule has 0 bridgehead atoms. The minimum absolute atomic E-state index is 0.158. The molecule has 1 rings (SSSR count). The molecule has 0 radical (unpaired) electrons. The van der Waals surface area contributed by atoms with Crippen LogP contribution in [0.3, 0.4) is 0 Å². The summed E-state index contributed by atoms with van der Waals surface area (Å²) in [6, 6.07) is -0.220. The van der Waals surface area contributed by atoms with Crippen LogP contribution in [-0.4, -0.2) is 50.3 Å². The highest BCUT2D eigenvalue weighted by Gasteiger charge is 2.36. The van der Waals surface area contributed by atoms with Crippen molar-refractivity contribution in [2.75, 3.05) is 25.4 Å². The molecule has 1 heterocycles. The number of hydrogen-bond acceptors (Lipinski definition) is 3. The van der Waals surface area contributed by atoms with Crippen molar-refractivity contribution >= 4 is 10.0 Å². The average Bonchev–Trinajstić information content (AvgIpc) is 2.64. The zero-order chi connectivity index (χ0) is 13.1. The second-order valence-corrected chi connectivity index (χ2v) is 6.13. The molecule has 8 heteroatoms. The summed E-state index contributed by atoms with van der Waals surface area (Å²) in [7, 11) is -3.84. The van der Waals surface area contributed by atoms with Crippen LogP contribution < -0.4 is 5.32 Å². The van der Waals surface area contributed by atoms with Crippen molar-refractivity contribution in [1.29, 1.82) is 0 Å². The van der Waals surface area contributed by atoms with E-state index in [2.05, 4.69) is 5.32 Å². The Morgan fingerprint density at radius 3 is 2.47 bits per heavy atom. The third-order valence-electron chi connectivity index (χ3n) is 2.68. The smallest absolute Gasteiger partial charge is 0.313 e. The Morgan fingerprint density at radius 1 is 1.41 bits per heavy atom. The lowest BCUT2D eigenvalue weighted by Crippen LogP contribution is -2.43. The molecule has 0 aromatic heterocycles. The second-order valence-electron chi connectivity index (χ2n) is 4.11. The third-order valence-corrected chi connectivity index (χ3v) is 4.67. The molecule has 17 heavy (non-hydrogen) atoms. The van der Waals surface area contributed by atoms with E-state index in [0.29, 0.717) is 10.7 Å². The van der Waals surface area contributed by atoms with Crippen LogP contribution in [0.4, 0.5) is 13.2 Å². The summed E-state index contributed by atoms with van der Waals surface area (Å²) in [5, 5.41) is 2.97. The molecule has 1 fully saturated rings. The highest BCUT2D eigenvalue weighted by atomic mass is 32.2. The lowest BCUT2D eigenvalue weighted by molar-refractivity contribution is -0.135. The number of halogens is 3. The lowest BCUT2D eigenvalue weighted by Gasteiger charge is -2.23. The molecule has 0 saturated carbocycles. The number of nitrogens with zero attached hydrogens (tertiary/aromatic N) is 1. The lowest BCUT2D eigenvalue weighted by atomic mass is 10.3. The van der Waals surface area contributed by atoms with Gasteiger partial charge in [-0.3, -0.25) is 0 Å². The summed E-state index contributed by atoms with van der Waals surface area (Å²) in [6.07, 6.45) is -2.93. The first-order valence-electron chi connectivity index (χ1n) is 5.52. The molecule has 0 aromatic rings. The van der Waals surface area contributed by atoms with E-state index in [0.717, 1.165) is 13.0 Å². The predicted octanol–water partition coefficient (Wildman–Crippen LogP) is 0.952. The Morgan fingerprint density at radius 2 is 2.06 bits per heavy atom. The van der Waals surface area contributed by atoms with Crippen molar-refractivity contribution < 1.29 is 21.6 Å². The number of alkyl halides is 3. The summed E-state index contributed by atoms with van der Waals surface area (Å²) in [5.74, 6) is -0.253. The van der Waals surface area contributed by atoms with E-state index in [-0.39, 0.29) is 18.3 Å². The molecule has 0 amide bonds. The van der Waals surface area contributed by atoms with E-state index in [1.807, 2.05) is 0 Å². The van der Waals surface area contributed by atoms with Gasteiger partial charge >= 0.3 is 6.18 Å².